The molecule has 0 bridgehead atoms. The average Bonchev–Trinajstić information content (AvgIpc) is 3.44. The van der Waals surface area contributed by atoms with Crippen LogP contribution in [0.15, 0.2) is 78.9 Å². The number of hydrogen-bond donors (Lipinski definition) is 1. The van der Waals surface area contributed by atoms with Gasteiger partial charge in [0.25, 0.3) is 5.78 Å². The minimum absolute atomic E-state index is 0.0177. The summed E-state index contributed by atoms with van der Waals surface area (Å²) in [5, 5.41) is 11.8. The number of benzene rings is 3. The summed E-state index contributed by atoms with van der Waals surface area (Å²) in [5.41, 5.74) is 3.57. The van der Waals surface area contributed by atoms with E-state index in [1.54, 1.807) is 55.7 Å². The molecule has 0 saturated carbocycles. The first kappa shape index (κ1) is 25.2. The zero-order valence-electron chi connectivity index (χ0n) is 21.2. The van der Waals surface area contributed by atoms with Crippen molar-refractivity contribution in [3.05, 3.63) is 101 Å². The maximum atomic E-state index is 13.5. The van der Waals surface area contributed by atoms with E-state index in [2.05, 4.69) is 11.6 Å². The number of carbonyl (C=O) groups is 2. The van der Waals surface area contributed by atoms with E-state index in [-0.39, 0.29) is 11.3 Å². The van der Waals surface area contributed by atoms with Gasteiger partial charge in [0.2, 0.25) is 0 Å². The Morgan fingerprint density at radius 3 is 2.68 bits per heavy atom. The summed E-state index contributed by atoms with van der Waals surface area (Å²) in [5.74, 6) is -0.608. The van der Waals surface area contributed by atoms with Crippen LogP contribution in [-0.4, -0.2) is 35.5 Å². The molecule has 1 aliphatic heterocycles. The number of aliphatic hydroxyl groups excluding tert-OH is 1. The molecule has 7 nitrogen and oxygen atoms in total. The number of nitrogens with zero attached hydrogens (tertiary/aromatic N) is 2. The molecule has 3 aromatic carbocycles. The largest absolute Gasteiger partial charge is 0.507 e. The summed E-state index contributed by atoms with van der Waals surface area (Å²) in [4.78, 5) is 33.1. The normalized spacial score (nSPS) is 16.7. The van der Waals surface area contributed by atoms with Crippen molar-refractivity contribution in [1.82, 2.24) is 4.98 Å². The summed E-state index contributed by atoms with van der Waals surface area (Å²) < 4.78 is 12.0. The summed E-state index contributed by atoms with van der Waals surface area (Å²) in [7, 11) is 1.56. The number of rotatable bonds is 7. The monoisotopic (exact) mass is 526 g/mol. The lowest BCUT2D eigenvalue weighted by atomic mass is 9.94. The standard InChI is InChI=1S/C30H26N2O5S/c1-5-13-37-21-8-6-7-19(16-21)26-25(27(33)20-10-12-23(36-4)18(3)15-20)28(34)29(35)32(26)30-31-22-11-9-17(2)14-24(22)38-30/h5-12,14-16,26,33H,1,13H2,2-4H3/t26-/m0/s1. The highest BCUT2D eigenvalue weighted by molar-refractivity contribution is 7.22. The Bertz CT molecular complexity index is 1620. The molecule has 38 heavy (non-hydrogen) atoms. The molecule has 4 aromatic rings. The summed E-state index contributed by atoms with van der Waals surface area (Å²) in [6.45, 7) is 7.81. The second kappa shape index (κ2) is 10.1. The van der Waals surface area contributed by atoms with Gasteiger partial charge in [0.1, 0.15) is 23.9 Å². The van der Waals surface area contributed by atoms with Crippen LogP contribution in [-0.2, 0) is 9.59 Å². The van der Waals surface area contributed by atoms with Gasteiger partial charge >= 0.3 is 5.91 Å². The Morgan fingerprint density at radius 2 is 1.95 bits per heavy atom. The third kappa shape index (κ3) is 4.43. The molecule has 1 aliphatic rings. The van der Waals surface area contributed by atoms with Crippen molar-refractivity contribution in [1.29, 1.82) is 0 Å². The van der Waals surface area contributed by atoms with Gasteiger partial charge in [-0.1, -0.05) is 42.2 Å². The highest BCUT2D eigenvalue weighted by atomic mass is 32.1. The number of carbonyl (C=O) groups excluding carboxylic acids is 2. The van der Waals surface area contributed by atoms with Crippen molar-refractivity contribution in [3.8, 4) is 11.5 Å². The van der Waals surface area contributed by atoms with E-state index in [0.29, 0.717) is 34.4 Å². The molecule has 0 unspecified atom stereocenters. The molecule has 0 radical (unpaired) electrons. The van der Waals surface area contributed by atoms with E-state index in [1.807, 2.05) is 32.0 Å². The predicted molar refractivity (Wildman–Crippen MR) is 149 cm³/mol. The third-order valence-electron chi connectivity index (χ3n) is 6.39. The molecule has 1 aromatic heterocycles. The first-order valence-electron chi connectivity index (χ1n) is 12.0. The molecular formula is C30H26N2O5S. The maximum absolute atomic E-state index is 13.5. The number of fused-ring (bicyclic) bond motifs is 1. The van der Waals surface area contributed by atoms with Gasteiger partial charge in [-0.2, -0.15) is 0 Å². The van der Waals surface area contributed by atoms with Crippen LogP contribution < -0.4 is 14.4 Å². The van der Waals surface area contributed by atoms with E-state index >= 15 is 0 Å². The van der Waals surface area contributed by atoms with Crippen LogP contribution in [0, 0.1) is 13.8 Å². The van der Waals surface area contributed by atoms with Gasteiger partial charge in [0, 0.05) is 5.56 Å². The predicted octanol–water partition coefficient (Wildman–Crippen LogP) is 6.11. The quantitative estimate of drug-likeness (QED) is 0.135. The van der Waals surface area contributed by atoms with Gasteiger partial charge in [-0.05, 0) is 73.0 Å². The maximum Gasteiger partial charge on any atom is 0.301 e. The number of ether oxygens (including phenoxy) is 2. The number of anilines is 1. The highest BCUT2D eigenvalue weighted by Crippen LogP contribution is 2.45. The fourth-order valence-electron chi connectivity index (χ4n) is 4.58. The smallest absolute Gasteiger partial charge is 0.301 e. The van der Waals surface area contributed by atoms with E-state index in [9.17, 15) is 14.7 Å². The summed E-state index contributed by atoms with van der Waals surface area (Å²) >= 11 is 1.32. The molecule has 0 spiro atoms. The Kier molecular flexibility index (Phi) is 6.73. The number of thiazole rings is 1. The lowest BCUT2D eigenvalue weighted by Crippen LogP contribution is -2.29. The fourth-order valence-corrected chi connectivity index (χ4v) is 5.67. The van der Waals surface area contributed by atoms with Gasteiger partial charge in [-0.3, -0.25) is 14.5 Å². The molecular weight excluding hydrogens is 500 g/mol. The van der Waals surface area contributed by atoms with Crippen LogP contribution in [0.5, 0.6) is 11.5 Å². The van der Waals surface area contributed by atoms with Crippen LogP contribution in [0.4, 0.5) is 5.13 Å². The van der Waals surface area contributed by atoms with Gasteiger partial charge < -0.3 is 14.6 Å². The zero-order valence-corrected chi connectivity index (χ0v) is 22.0. The number of hydrogen-bond acceptors (Lipinski definition) is 7. The van der Waals surface area contributed by atoms with Crippen molar-refractivity contribution in [2.45, 2.75) is 19.9 Å². The molecule has 1 amide bonds. The molecule has 0 aliphatic carbocycles. The highest BCUT2D eigenvalue weighted by Gasteiger charge is 2.48. The summed E-state index contributed by atoms with van der Waals surface area (Å²) in [6.07, 6.45) is 1.63. The Hall–Kier alpha value is -4.43. The van der Waals surface area contributed by atoms with Gasteiger partial charge in [0.15, 0.2) is 5.13 Å². The van der Waals surface area contributed by atoms with E-state index in [4.69, 9.17) is 9.47 Å². The van der Waals surface area contributed by atoms with Crippen molar-refractivity contribution in [3.63, 3.8) is 0 Å². The summed E-state index contributed by atoms with van der Waals surface area (Å²) in [6, 6.07) is 17.2. The number of aromatic nitrogens is 1. The average molecular weight is 527 g/mol. The van der Waals surface area contributed by atoms with Crippen LogP contribution in [0.3, 0.4) is 0 Å². The van der Waals surface area contributed by atoms with E-state index in [1.165, 1.54) is 16.2 Å². The number of methoxy groups -OCH3 is 1. The number of aliphatic hydroxyl groups is 1. The SMILES string of the molecule is C=CCOc1cccc([C@H]2C(=C(O)c3ccc(OC)c(C)c3)C(=O)C(=O)N2c2nc3ccc(C)cc3s2)c1. The zero-order chi connectivity index (χ0) is 27.0. The van der Waals surface area contributed by atoms with Crippen molar-refractivity contribution in [2.24, 2.45) is 0 Å². The van der Waals surface area contributed by atoms with Crippen molar-refractivity contribution in [2.75, 3.05) is 18.6 Å². The first-order chi connectivity index (χ1) is 18.3. The number of ketones is 1. The Labute approximate surface area is 224 Å². The van der Waals surface area contributed by atoms with Gasteiger partial charge in [0.05, 0.1) is 28.9 Å². The van der Waals surface area contributed by atoms with Crippen molar-refractivity contribution < 1.29 is 24.2 Å². The lowest BCUT2D eigenvalue weighted by molar-refractivity contribution is -0.132. The second-order valence-corrected chi connectivity index (χ2v) is 10.0. The molecule has 2 heterocycles. The molecule has 192 valence electrons. The third-order valence-corrected chi connectivity index (χ3v) is 7.41. The van der Waals surface area contributed by atoms with E-state index < -0.39 is 17.7 Å². The minimum Gasteiger partial charge on any atom is -0.507 e. The molecule has 1 fully saturated rings. The second-order valence-electron chi connectivity index (χ2n) is 8.99. The van der Waals surface area contributed by atoms with Crippen LogP contribution >= 0.6 is 11.3 Å². The van der Waals surface area contributed by atoms with Gasteiger partial charge in [-0.15, -0.1) is 0 Å². The Balaban J connectivity index is 1.71. The first-order valence-corrected chi connectivity index (χ1v) is 12.8. The van der Waals surface area contributed by atoms with Crippen LogP contribution in [0.1, 0.15) is 28.3 Å². The number of aryl methyl sites for hydroxylation is 2. The van der Waals surface area contributed by atoms with Crippen LogP contribution in [0.2, 0.25) is 0 Å². The van der Waals surface area contributed by atoms with E-state index in [0.717, 1.165) is 21.3 Å². The Morgan fingerprint density at radius 1 is 1.13 bits per heavy atom. The molecule has 1 saturated heterocycles. The number of Topliss-reactive ketones (excluding diaryl/α,β-unsaturated/α-hetero) is 1. The van der Waals surface area contributed by atoms with Crippen molar-refractivity contribution >= 4 is 44.1 Å². The molecule has 1 N–H and O–H groups in total. The lowest BCUT2D eigenvalue weighted by Gasteiger charge is -2.23. The van der Waals surface area contributed by atoms with Gasteiger partial charge in [-0.25, -0.2) is 4.98 Å². The molecule has 8 heteroatoms. The topological polar surface area (TPSA) is 89.0 Å². The fraction of sp³-hybridized carbons (Fsp3) is 0.167. The minimum atomic E-state index is -0.911. The molecule has 5 rings (SSSR count). The van der Waals surface area contributed by atoms with Crippen LogP contribution in [0.25, 0.3) is 16.0 Å². The number of amides is 1. The molecule has 1 atom stereocenters.